The van der Waals surface area contributed by atoms with Crippen LogP contribution in [0.2, 0.25) is 0 Å². The van der Waals surface area contributed by atoms with Crippen molar-refractivity contribution in [3.05, 3.63) is 18.2 Å². The quantitative estimate of drug-likeness (QED) is 0.417. The molecule has 0 radical (unpaired) electrons. The summed E-state index contributed by atoms with van der Waals surface area (Å²) in [4.78, 5) is 11.6. The summed E-state index contributed by atoms with van der Waals surface area (Å²) in [5, 5.41) is 0.187. The Morgan fingerprint density at radius 1 is 1.14 bits per heavy atom. The van der Waals surface area contributed by atoms with Gasteiger partial charge in [-0.25, -0.2) is 0 Å². The van der Waals surface area contributed by atoms with Gasteiger partial charge >= 0.3 is 13.6 Å². The first-order valence-corrected chi connectivity index (χ1v) is 8.33. The van der Waals surface area contributed by atoms with Crippen molar-refractivity contribution in [1.29, 1.82) is 0 Å². The zero-order valence-corrected chi connectivity index (χ0v) is 13.6. The molecule has 0 aromatic heterocycles. The second kappa shape index (κ2) is 8.17. The monoisotopic (exact) mass is 316 g/mol. The summed E-state index contributed by atoms with van der Waals surface area (Å²) < 4.78 is 33.9. The third-order valence-electron chi connectivity index (χ3n) is 2.58. The van der Waals surface area contributed by atoms with Crippen LogP contribution in [0.1, 0.15) is 27.2 Å². The number of carbonyl (C=O) groups is 1. The zero-order chi connectivity index (χ0) is 15.9. The summed E-state index contributed by atoms with van der Waals surface area (Å²) in [5.74, 6) is -0.0775. The molecule has 0 spiro atoms. The fourth-order valence-electron chi connectivity index (χ4n) is 1.69. The van der Waals surface area contributed by atoms with Gasteiger partial charge in [0.25, 0.3) is 0 Å². The van der Waals surface area contributed by atoms with Crippen molar-refractivity contribution >= 4 is 18.9 Å². The van der Waals surface area contributed by atoms with E-state index in [-0.39, 0.29) is 30.7 Å². The van der Waals surface area contributed by atoms with Crippen LogP contribution in [0, 0.1) is 0 Å². The number of hydrogen-bond acceptors (Lipinski definition) is 6. The van der Waals surface area contributed by atoms with Crippen molar-refractivity contribution in [3.63, 3.8) is 0 Å². The molecule has 1 aromatic rings. The smallest absolute Gasteiger partial charge is 0.365 e. The summed E-state index contributed by atoms with van der Waals surface area (Å²) in [6.45, 7) is 5.50. The third-order valence-corrected chi connectivity index (χ3v) is 4.71. The molecule has 0 unspecified atom stereocenters. The maximum absolute atomic E-state index is 12.9. The highest BCUT2D eigenvalue weighted by Crippen LogP contribution is 2.50. The Morgan fingerprint density at radius 2 is 1.76 bits per heavy atom. The summed E-state index contributed by atoms with van der Waals surface area (Å²) >= 11 is 0. The fraction of sp³-hybridized carbons (Fsp3) is 0.500. The Kier molecular flexibility index (Phi) is 6.89. The first-order chi connectivity index (χ1) is 10.0. The summed E-state index contributed by atoms with van der Waals surface area (Å²) in [6, 6.07) is 4.80. The highest BCUT2D eigenvalue weighted by atomic mass is 31.2. The molecule has 0 atom stereocenters. The maximum atomic E-state index is 12.9. The Labute approximate surface area is 124 Å². The predicted molar refractivity (Wildman–Crippen MR) is 79.4 cm³/mol. The number of methoxy groups -OCH3 is 1. The van der Waals surface area contributed by atoms with Crippen LogP contribution >= 0.6 is 7.60 Å². The highest BCUT2D eigenvalue weighted by molar-refractivity contribution is 7.62. The molecule has 0 aliphatic rings. The lowest BCUT2D eigenvalue weighted by Gasteiger charge is -2.20. The molecule has 0 saturated carbocycles. The van der Waals surface area contributed by atoms with Gasteiger partial charge in [0.05, 0.1) is 20.3 Å². The normalized spacial score (nSPS) is 11.2. The minimum Gasteiger partial charge on any atom is -0.493 e. The van der Waals surface area contributed by atoms with E-state index in [9.17, 15) is 9.36 Å². The van der Waals surface area contributed by atoms with Crippen molar-refractivity contribution in [3.8, 4) is 11.5 Å². The van der Waals surface area contributed by atoms with E-state index in [0.29, 0.717) is 5.75 Å². The maximum Gasteiger partial charge on any atom is 0.365 e. The van der Waals surface area contributed by atoms with E-state index in [1.807, 2.05) is 0 Å². The third kappa shape index (κ3) is 4.30. The molecule has 0 bridgehead atoms. The molecular formula is C14H21O6P. The van der Waals surface area contributed by atoms with Crippen molar-refractivity contribution < 1.29 is 27.9 Å². The van der Waals surface area contributed by atoms with Crippen LogP contribution in [0.3, 0.4) is 0 Å². The Morgan fingerprint density at radius 3 is 2.24 bits per heavy atom. The van der Waals surface area contributed by atoms with Gasteiger partial charge in [0.2, 0.25) is 0 Å². The van der Waals surface area contributed by atoms with Gasteiger partial charge in [-0.3, -0.25) is 9.36 Å². The largest absolute Gasteiger partial charge is 0.493 e. The molecule has 0 aliphatic carbocycles. The van der Waals surface area contributed by atoms with Gasteiger partial charge in [0, 0.05) is 6.42 Å². The van der Waals surface area contributed by atoms with E-state index in [1.165, 1.54) is 7.11 Å². The highest BCUT2D eigenvalue weighted by Gasteiger charge is 2.33. The second-order valence-corrected chi connectivity index (χ2v) is 5.96. The molecule has 0 N–H and O–H groups in total. The molecule has 21 heavy (non-hydrogen) atoms. The predicted octanol–water partition coefficient (Wildman–Crippen LogP) is 2.90. The van der Waals surface area contributed by atoms with Gasteiger partial charge in [-0.2, -0.15) is 0 Å². The molecular weight excluding hydrogens is 295 g/mol. The lowest BCUT2D eigenvalue weighted by molar-refractivity contribution is -0.134. The van der Waals surface area contributed by atoms with Gasteiger partial charge < -0.3 is 18.5 Å². The first kappa shape index (κ1) is 17.7. The van der Waals surface area contributed by atoms with E-state index in [0.717, 1.165) is 0 Å². The average molecular weight is 316 g/mol. The van der Waals surface area contributed by atoms with Crippen LogP contribution in [0.15, 0.2) is 18.2 Å². The molecule has 118 valence electrons. The van der Waals surface area contributed by atoms with Crippen LogP contribution in [-0.2, 0) is 18.4 Å². The van der Waals surface area contributed by atoms with Crippen LogP contribution in [0.25, 0.3) is 0 Å². The van der Waals surface area contributed by atoms with Crippen molar-refractivity contribution in [1.82, 2.24) is 0 Å². The molecule has 0 heterocycles. The SMILES string of the molecule is CCOP(=O)(OCC)c1cccc(OC)c1OC(=O)CC. The number of rotatable bonds is 8. The van der Waals surface area contributed by atoms with Crippen LogP contribution in [-0.4, -0.2) is 26.3 Å². The van der Waals surface area contributed by atoms with Crippen LogP contribution < -0.4 is 14.8 Å². The molecule has 0 amide bonds. The van der Waals surface area contributed by atoms with E-state index < -0.39 is 13.6 Å². The van der Waals surface area contributed by atoms with Gasteiger partial charge in [-0.05, 0) is 26.0 Å². The molecule has 7 heteroatoms. The minimum absolute atomic E-state index is 0.0806. The van der Waals surface area contributed by atoms with Gasteiger partial charge in [0.15, 0.2) is 11.5 Å². The van der Waals surface area contributed by atoms with Gasteiger partial charge in [-0.1, -0.05) is 13.0 Å². The zero-order valence-electron chi connectivity index (χ0n) is 12.8. The van der Waals surface area contributed by atoms with E-state index >= 15 is 0 Å². The molecule has 1 aromatic carbocycles. The van der Waals surface area contributed by atoms with Gasteiger partial charge in [-0.15, -0.1) is 0 Å². The van der Waals surface area contributed by atoms with E-state index in [2.05, 4.69) is 0 Å². The summed E-state index contributed by atoms with van der Waals surface area (Å²) in [7, 11) is -2.13. The van der Waals surface area contributed by atoms with Gasteiger partial charge in [0.1, 0.15) is 5.30 Å². The van der Waals surface area contributed by atoms with Crippen LogP contribution in [0.4, 0.5) is 0 Å². The Bertz CT molecular complexity index is 518. The number of hydrogen-bond donors (Lipinski definition) is 0. The lowest BCUT2D eigenvalue weighted by Crippen LogP contribution is -2.18. The first-order valence-electron chi connectivity index (χ1n) is 6.79. The Balaban J connectivity index is 3.38. The standard InChI is InChI=1S/C14H21O6P/c1-5-13(15)20-14-11(17-4)9-8-10-12(14)21(16,18-6-2)19-7-3/h8-10H,5-7H2,1-4H3. The fourth-order valence-corrected chi connectivity index (χ4v) is 3.39. The van der Waals surface area contributed by atoms with E-state index in [1.54, 1.807) is 39.0 Å². The number of ether oxygens (including phenoxy) is 2. The Hall–Kier alpha value is -1.36. The number of para-hydroxylation sites is 1. The molecule has 6 nitrogen and oxygen atoms in total. The summed E-state index contributed by atoms with van der Waals surface area (Å²) in [6.07, 6.45) is 0.186. The van der Waals surface area contributed by atoms with Crippen molar-refractivity contribution in [2.45, 2.75) is 27.2 Å². The summed E-state index contributed by atoms with van der Waals surface area (Å²) in [5.41, 5.74) is 0. The number of carbonyl (C=O) groups excluding carboxylic acids is 1. The average Bonchev–Trinajstić information content (AvgIpc) is 2.47. The topological polar surface area (TPSA) is 71.1 Å². The van der Waals surface area contributed by atoms with E-state index in [4.69, 9.17) is 18.5 Å². The lowest BCUT2D eigenvalue weighted by atomic mass is 10.3. The number of benzene rings is 1. The second-order valence-electron chi connectivity index (χ2n) is 3.97. The van der Waals surface area contributed by atoms with Crippen molar-refractivity contribution in [2.24, 2.45) is 0 Å². The van der Waals surface area contributed by atoms with Crippen LogP contribution in [0.5, 0.6) is 11.5 Å². The molecule has 1 rings (SSSR count). The number of esters is 1. The molecule has 0 saturated heterocycles. The minimum atomic E-state index is -3.57. The molecule has 0 fully saturated rings. The van der Waals surface area contributed by atoms with Crippen molar-refractivity contribution in [2.75, 3.05) is 20.3 Å². The molecule has 0 aliphatic heterocycles.